The minimum Gasteiger partial charge on any atom is -0.489 e. The predicted octanol–water partition coefficient (Wildman–Crippen LogP) is 4.80. The van der Waals surface area contributed by atoms with Gasteiger partial charge in [0.25, 0.3) is 0 Å². The zero-order chi connectivity index (χ0) is 24.6. The Labute approximate surface area is 208 Å². The van der Waals surface area contributed by atoms with Crippen molar-refractivity contribution in [1.29, 1.82) is 0 Å². The van der Waals surface area contributed by atoms with Gasteiger partial charge in [-0.3, -0.25) is 4.52 Å². The van der Waals surface area contributed by atoms with Crippen LogP contribution in [0, 0.1) is 0 Å². The number of phosphoric ester groups is 1. The van der Waals surface area contributed by atoms with Gasteiger partial charge in [0, 0.05) is 14.8 Å². The van der Waals surface area contributed by atoms with Crippen molar-refractivity contribution in [3.8, 4) is 5.75 Å². The summed E-state index contributed by atoms with van der Waals surface area (Å²) in [5.41, 5.74) is 6.66. The van der Waals surface area contributed by atoms with Gasteiger partial charge in [0.2, 0.25) is 0 Å². The van der Waals surface area contributed by atoms with E-state index in [1.165, 1.54) is 0 Å². The lowest BCUT2D eigenvalue weighted by atomic mass is 9.94. The molecule has 0 bridgehead atoms. The Balaban J connectivity index is 1.54. The van der Waals surface area contributed by atoms with E-state index in [1.807, 2.05) is 72.8 Å². The molecule has 34 heavy (non-hydrogen) atoms. The second kappa shape index (κ2) is 12.2. The van der Waals surface area contributed by atoms with Crippen LogP contribution in [0.1, 0.15) is 17.5 Å². The fourth-order valence-corrected chi connectivity index (χ4v) is 4.69. The lowest BCUT2D eigenvalue weighted by Gasteiger charge is -2.27. The smallest absolute Gasteiger partial charge is 0.469 e. The van der Waals surface area contributed by atoms with Crippen LogP contribution >= 0.6 is 31.2 Å². The topological polar surface area (TPSA) is 122 Å². The summed E-state index contributed by atoms with van der Waals surface area (Å²) < 4.78 is 21.2. The van der Waals surface area contributed by atoms with Crippen LogP contribution in [0.4, 0.5) is 0 Å². The first-order chi connectivity index (χ1) is 16.2. The highest BCUT2D eigenvalue weighted by molar-refractivity contribution is 7.99. The third kappa shape index (κ3) is 8.73. The van der Waals surface area contributed by atoms with Gasteiger partial charge in [0.15, 0.2) is 0 Å². The molecule has 3 aromatic carbocycles. The number of aliphatic hydroxyl groups excluding tert-OH is 1. The number of aliphatic hydroxyl groups is 1. The van der Waals surface area contributed by atoms with E-state index in [4.69, 9.17) is 31.9 Å². The van der Waals surface area contributed by atoms with Gasteiger partial charge in [-0.15, -0.1) is 0 Å². The molecule has 1 atom stereocenters. The van der Waals surface area contributed by atoms with E-state index in [0.29, 0.717) is 18.1 Å². The lowest BCUT2D eigenvalue weighted by molar-refractivity contribution is 0.102. The fraction of sp³-hybridized carbons (Fsp3) is 0.250. The maximum absolute atomic E-state index is 10.9. The molecule has 3 aromatic rings. The maximum atomic E-state index is 10.9. The summed E-state index contributed by atoms with van der Waals surface area (Å²) in [6.07, 6.45) is 0.652. The highest BCUT2D eigenvalue weighted by Gasteiger charge is 2.28. The Bertz CT molecular complexity index is 1110. The molecule has 0 aromatic heterocycles. The SMILES string of the molecule is NC(CO)(CCc1ccc(Sc2ccc(OCc3ccccc3)cc2)cc1Cl)COP(=O)(O)O. The van der Waals surface area contributed by atoms with Crippen molar-refractivity contribution in [2.75, 3.05) is 13.2 Å². The molecule has 0 radical (unpaired) electrons. The third-order valence-electron chi connectivity index (χ3n) is 5.06. The fourth-order valence-electron chi connectivity index (χ4n) is 3.07. The predicted molar refractivity (Wildman–Crippen MR) is 133 cm³/mol. The summed E-state index contributed by atoms with van der Waals surface area (Å²) >= 11 is 8.01. The first-order valence-electron chi connectivity index (χ1n) is 10.5. The Kier molecular flexibility index (Phi) is 9.59. The lowest BCUT2D eigenvalue weighted by Crippen LogP contribution is -2.48. The standard InChI is InChI=1S/C24H27ClNO6PS/c25-23-14-22(9-6-19(23)12-13-24(26,16-27)17-32-33(28,29)30)34-21-10-7-20(8-11-21)31-15-18-4-2-1-3-5-18/h1-11,14,27H,12-13,15-17,26H2,(H2,28,29,30). The highest BCUT2D eigenvalue weighted by atomic mass is 35.5. The van der Waals surface area contributed by atoms with E-state index in [1.54, 1.807) is 11.8 Å². The Morgan fingerprint density at radius 3 is 2.29 bits per heavy atom. The first kappa shape index (κ1) is 26.7. The second-order valence-electron chi connectivity index (χ2n) is 7.89. The van der Waals surface area contributed by atoms with Crippen molar-refractivity contribution in [2.45, 2.75) is 34.8 Å². The van der Waals surface area contributed by atoms with Crippen LogP contribution < -0.4 is 10.5 Å². The molecule has 0 amide bonds. The van der Waals surface area contributed by atoms with Gasteiger partial charge in [0.05, 0.1) is 18.8 Å². The van der Waals surface area contributed by atoms with Crippen LogP contribution in [0.2, 0.25) is 5.02 Å². The van der Waals surface area contributed by atoms with Gasteiger partial charge in [-0.1, -0.05) is 59.8 Å². The van der Waals surface area contributed by atoms with Crippen molar-refractivity contribution in [1.82, 2.24) is 0 Å². The number of rotatable bonds is 12. The summed E-state index contributed by atoms with van der Waals surface area (Å²) in [6.45, 7) is -0.440. The van der Waals surface area contributed by atoms with Gasteiger partial charge < -0.3 is 25.4 Å². The van der Waals surface area contributed by atoms with Crippen molar-refractivity contribution >= 4 is 31.2 Å². The van der Waals surface area contributed by atoms with Gasteiger partial charge >= 0.3 is 7.82 Å². The number of ether oxygens (including phenoxy) is 1. The Morgan fingerprint density at radius 1 is 1.00 bits per heavy atom. The molecule has 0 aliphatic carbocycles. The van der Waals surface area contributed by atoms with E-state index >= 15 is 0 Å². The van der Waals surface area contributed by atoms with Crippen molar-refractivity contribution in [2.24, 2.45) is 5.73 Å². The van der Waals surface area contributed by atoms with E-state index in [0.717, 1.165) is 26.7 Å². The molecule has 0 aliphatic rings. The molecule has 0 heterocycles. The Morgan fingerprint density at radius 2 is 1.68 bits per heavy atom. The van der Waals surface area contributed by atoms with E-state index in [9.17, 15) is 9.67 Å². The summed E-state index contributed by atoms with van der Waals surface area (Å²) in [7, 11) is -4.67. The van der Waals surface area contributed by atoms with Crippen LogP contribution in [-0.4, -0.2) is 33.6 Å². The molecule has 182 valence electrons. The molecule has 0 saturated heterocycles. The zero-order valence-corrected chi connectivity index (χ0v) is 20.8. The minimum absolute atomic E-state index is 0.236. The summed E-state index contributed by atoms with van der Waals surface area (Å²) in [5, 5.41) is 10.1. The number of hydrogen-bond donors (Lipinski definition) is 4. The van der Waals surface area contributed by atoms with Crippen LogP contribution in [0.25, 0.3) is 0 Å². The molecular weight excluding hydrogens is 497 g/mol. The van der Waals surface area contributed by atoms with Gasteiger partial charge in [-0.25, -0.2) is 4.57 Å². The average molecular weight is 524 g/mol. The summed E-state index contributed by atoms with van der Waals surface area (Å²) in [4.78, 5) is 19.7. The highest BCUT2D eigenvalue weighted by Crippen LogP contribution is 2.37. The summed E-state index contributed by atoms with van der Waals surface area (Å²) in [6, 6.07) is 23.5. The first-order valence-corrected chi connectivity index (χ1v) is 13.2. The van der Waals surface area contributed by atoms with Crippen LogP contribution in [-0.2, 0) is 22.1 Å². The molecule has 3 rings (SSSR count). The average Bonchev–Trinajstić information content (AvgIpc) is 2.82. The number of hydrogen-bond acceptors (Lipinski definition) is 6. The molecule has 0 fully saturated rings. The molecule has 0 spiro atoms. The van der Waals surface area contributed by atoms with Crippen molar-refractivity contribution < 1.29 is 28.7 Å². The number of halogens is 1. The molecule has 0 aliphatic heterocycles. The minimum atomic E-state index is -4.67. The molecule has 5 N–H and O–H groups in total. The largest absolute Gasteiger partial charge is 0.489 e. The number of phosphoric acid groups is 1. The van der Waals surface area contributed by atoms with Crippen LogP contribution in [0.5, 0.6) is 5.75 Å². The zero-order valence-electron chi connectivity index (χ0n) is 18.3. The summed E-state index contributed by atoms with van der Waals surface area (Å²) in [5.74, 6) is 0.790. The van der Waals surface area contributed by atoms with E-state index < -0.39 is 26.6 Å². The molecular formula is C24H27ClNO6PS. The second-order valence-corrected chi connectivity index (χ2v) is 10.7. The van der Waals surface area contributed by atoms with Gasteiger partial charge in [-0.2, -0.15) is 0 Å². The normalized spacial score (nSPS) is 13.4. The Hall–Kier alpha value is -1.87. The number of nitrogens with two attached hydrogens (primary N) is 1. The van der Waals surface area contributed by atoms with Crippen LogP contribution in [0.15, 0.2) is 82.6 Å². The molecule has 7 nitrogen and oxygen atoms in total. The number of benzene rings is 3. The van der Waals surface area contributed by atoms with Crippen molar-refractivity contribution in [3.05, 3.63) is 88.9 Å². The third-order valence-corrected chi connectivity index (χ3v) is 6.87. The van der Waals surface area contributed by atoms with Gasteiger partial charge in [0.1, 0.15) is 12.4 Å². The molecule has 0 saturated carbocycles. The van der Waals surface area contributed by atoms with Gasteiger partial charge in [-0.05, 0) is 60.4 Å². The van der Waals surface area contributed by atoms with Crippen molar-refractivity contribution in [3.63, 3.8) is 0 Å². The number of aryl methyl sites for hydroxylation is 1. The monoisotopic (exact) mass is 523 g/mol. The van der Waals surface area contributed by atoms with Crippen LogP contribution in [0.3, 0.4) is 0 Å². The maximum Gasteiger partial charge on any atom is 0.469 e. The quantitative estimate of drug-likeness (QED) is 0.250. The molecule has 1 unspecified atom stereocenters. The van der Waals surface area contributed by atoms with E-state index in [-0.39, 0.29) is 6.42 Å². The molecule has 10 heteroatoms. The van der Waals surface area contributed by atoms with E-state index in [2.05, 4.69) is 4.52 Å².